The summed E-state index contributed by atoms with van der Waals surface area (Å²) in [6.07, 6.45) is 3.53. The Hall–Kier alpha value is -2.15. The van der Waals surface area contributed by atoms with Crippen LogP contribution in [0.2, 0.25) is 0 Å². The fourth-order valence-corrected chi connectivity index (χ4v) is 2.64. The van der Waals surface area contributed by atoms with Crippen molar-refractivity contribution in [3.63, 3.8) is 0 Å². The van der Waals surface area contributed by atoms with Crippen molar-refractivity contribution in [2.24, 2.45) is 0 Å². The van der Waals surface area contributed by atoms with Crippen LogP contribution in [0.5, 0.6) is 0 Å². The van der Waals surface area contributed by atoms with E-state index in [4.69, 9.17) is 0 Å². The van der Waals surface area contributed by atoms with Crippen molar-refractivity contribution >= 4 is 21.7 Å². The van der Waals surface area contributed by atoms with Gasteiger partial charge in [0.05, 0.1) is 12.4 Å². The van der Waals surface area contributed by atoms with Crippen LogP contribution in [-0.4, -0.2) is 24.9 Å². The van der Waals surface area contributed by atoms with Crippen LogP contribution < -0.4 is 10.0 Å². The van der Waals surface area contributed by atoms with Gasteiger partial charge in [-0.3, -0.25) is 4.72 Å². The van der Waals surface area contributed by atoms with Crippen LogP contribution in [0.4, 0.5) is 11.6 Å². The van der Waals surface area contributed by atoms with Gasteiger partial charge in [-0.15, -0.1) is 0 Å². The predicted molar refractivity (Wildman–Crippen MR) is 82.8 cm³/mol. The third kappa shape index (κ3) is 4.16. The summed E-state index contributed by atoms with van der Waals surface area (Å²) in [6.45, 7) is 4.67. The first-order valence-corrected chi connectivity index (χ1v) is 8.15. The van der Waals surface area contributed by atoms with E-state index >= 15 is 0 Å². The van der Waals surface area contributed by atoms with E-state index in [2.05, 4.69) is 20.0 Å². The number of hydrogen-bond donors (Lipinski definition) is 2. The number of benzene rings is 1. The number of aromatic nitrogens is 2. The lowest BCUT2D eigenvalue weighted by Crippen LogP contribution is -2.14. The third-order valence-corrected chi connectivity index (χ3v) is 4.08. The highest BCUT2D eigenvalue weighted by Crippen LogP contribution is 2.16. The third-order valence-electron chi connectivity index (χ3n) is 2.74. The SMILES string of the molecule is CCCNc1ncc(S(=O)(=O)Nc2cccc(C)c2)cn1. The largest absolute Gasteiger partial charge is 0.354 e. The van der Waals surface area contributed by atoms with Gasteiger partial charge in [0, 0.05) is 12.2 Å². The highest BCUT2D eigenvalue weighted by atomic mass is 32.2. The minimum absolute atomic E-state index is 0.0334. The first kappa shape index (κ1) is 15.2. The first-order chi connectivity index (χ1) is 10.0. The van der Waals surface area contributed by atoms with Crippen molar-refractivity contribution in [3.8, 4) is 0 Å². The van der Waals surface area contributed by atoms with Crippen LogP contribution in [0.3, 0.4) is 0 Å². The zero-order valence-electron chi connectivity index (χ0n) is 12.0. The maximum atomic E-state index is 12.2. The highest BCUT2D eigenvalue weighted by Gasteiger charge is 2.15. The fourth-order valence-electron chi connectivity index (χ4n) is 1.71. The van der Waals surface area contributed by atoms with Crippen LogP contribution in [0.1, 0.15) is 18.9 Å². The number of nitrogens with one attached hydrogen (secondary N) is 2. The molecule has 21 heavy (non-hydrogen) atoms. The maximum absolute atomic E-state index is 12.2. The fraction of sp³-hybridized carbons (Fsp3) is 0.286. The zero-order valence-corrected chi connectivity index (χ0v) is 12.8. The topological polar surface area (TPSA) is 84.0 Å². The van der Waals surface area contributed by atoms with E-state index in [1.165, 1.54) is 12.4 Å². The molecule has 112 valence electrons. The minimum atomic E-state index is -3.67. The molecule has 0 radical (unpaired) electrons. The number of aryl methyl sites for hydroxylation is 1. The molecule has 6 nitrogen and oxygen atoms in total. The normalized spacial score (nSPS) is 11.1. The number of hydrogen-bond acceptors (Lipinski definition) is 5. The molecule has 2 aromatic rings. The Labute approximate surface area is 124 Å². The molecule has 0 amide bonds. The molecule has 2 rings (SSSR count). The minimum Gasteiger partial charge on any atom is -0.354 e. The second kappa shape index (κ2) is 6.53. The maximum Gasteiger partial charge on any atom is 0.264 e. The van der Waals surface area contributed by atoms with Gasteiger partial charge in [-0.05, 0) is 31.0 Å². The molecule has 0 fully saturated rings. The monoisotopic (exact) mass is 306 g/mol. The Bertz CT molecular complexity index is 699. The van der Waals surface area contributed by atoms with Gasteiger partial charge in [0.2, 0.25) is 5.95 Å². The van der Waals surface area contributed by atoms with Crippen molar-refractivity contribution in [2.45, 2.75) is 25.2 Å². The van der Waals surface area contributed by atoms with Crippen molar-refractivity contribution < 1.29 is 8.42 Å². The van der Waals surface area contributed by atoms with Gasteiger partial charge in [0.1, 0.15) is 4.90 Å². The molecule has 7 heteroatoms. The number of nitrogens with zero attached hydrogens (tertiary/aromatic N) is 2. The van der Waals surface area contributed by atoms with Crippen molar-refractivity contribution in [1.82, 2.24) is 9.97 Å². The summed E-state index contributed by atoms with van der Waals surface area (Å²) in [5, 5.41) is 2.99. The summed E-state index contributed by atoms with van der Waals surface area (Å²) in [6, 6.07) is 7.15. The van der Waals surface area contributed by atoms with Crippen LogP contribution in [-0.2, 0) is 10.0 Å². The summed E-state index contributed by atoms with van der Waals surface area (Å²) < 4.78 is 27.0. The van der Waals surface area contributed by atoms with E-state index in [0.29, 0.717) is 11.6 Å². The molecule has 1 aromatic carbocycles. The standard InChI is InChI=1S/C14H18N4O2S/c1-3-7-15-14-16-9-13(10-17-14)21(19,20)18-12-6-4-5-11(2)8-12/h4-6,8-10,18H,3,7H2,1-2H3,(H,15,16,17). The van der Waals surface area contributed by atoms with Gasteiger partial charge in [-0.2, -0.15) is 0 Å². The van der Waals surface area contributed by atoms with Gasteiger partial charge < -0.3 is 5.32 Å². The molecule has 0 atom stereocenters. The smallest absolute Gasteiger partial charge is 0.264 e. The van der Waals surface area contributed by atoms with Gasteiger partial charge >= 0.3 is 0 Å². The second-order valence-corrected chi connectivity index (χ2v) is 6.33. The lowest BCUT2D eigenvalue weighted by Gasteiger charge is -2.09. The molecule has 0 aliphatic rings. The molecule has 0 saturated heterocycles. The lowest BCUT2D eigenvalue weighted by atomic mass is 10.2. The van der Waals surface area contributed by atoms with E-state index in [0.717, 1.165) is 18.5 Å². The lowest BCUT2D eigenvalue weighted by molar-refractivity contribution is 0.600. The molecule has 0 spiro atoms. The Morgan fingerprint density at radius 2 is 1.90 bits per heavy atom. The molecule has 2 N–H and O–H groups in total. The second-order valence-electron chi connectivity index (χ2n) is 4.64. The number of rotatable bonds is 6. The Kier molecular flexibility index (Phi) is 4.74. The predicted octanol–water partition coefficient (Wildman–Crippen LogP) is 2.41. The highest BCUT2D eigenvalue weighted by molar-refractivity contribution is 7.92. The molecular formula is C14H18N4O2S. The van der Waals surface area contributed by atoms with Crippen LogP contribution in [0, 0.1) is 6.92 Å². The van der Waals surface area contributed by atoms with E-state index in [9.17, 15) is 8.42 Å². The van der Waals surface area contributed by atoms with E-state index < -0.39 is 10.0 Å². The summed E-state index contributed by atoms with van der Waals surface area (Å²) in [5.41, 5.74) is 1.49. The molecule has 0 bridgehead atoms. The van der Waals surface area contributed by atoms with Crippen molar-refractivity contribution in [2.75, 3.05) is 16.6 Å². The summed E-state index contributed by atoms with van der Waals surface area (Å²) in [5.74, 6) is 0.423. The van der Waals surface area contributed by atoms with Gasteiger partial charge in [0.15, 0.2) is 0 Å². The van der Waals surface area contributed by atoms with Crippen LogP contribution >= 0.6 is 0 Å². The molecule has 0 saturated carbocycles. The molecular weight excluding hydrogens is 288 g/mol. The van der Waals surface area contributed by atoms with Gasteiger partial charge in [-0.1, -0.05) is 19.1 Å². The molecule has 0 aliphatic heterocycles. The number of anilines is 2. The van der Waals surface area contributed by atoms with Crippen LogP contribution in [0.15, 0.2) is 41.6 Å². The van der Waals surface area contributed by atoms with Crippen molar-refractivity contribution in [3.05, 3.63) is 42.2 Å². The average Bonchev–Trinajstić information content (AvgIpc) is 2.45. The van der Waals surface area contributed by atoms with Gasteiger partial charge in [0.25, 0.3) is 10.0 Å². The molecule has 1 heterocycles. The number of sulfonamides is 1. The quantitative estimate of drug-likeness (QED) is 0.856. The Morgan fingerprint density at radius 3 is 2.52 bits per heavy atom. The van der Waals surface area contributed by atoms with Crippen molar-refractivity contribution in [1.29, 1.82) is 0 Å². The summed E-state index contributed by atoms with van der Waals surface area (Å²) in [7, 11) is -3.67. The summed E-state index contributed by atoms with van der Waals surface area (Å²) in [4.78, 5) is 8.03. The first-order valence-electron chi connectivity index (χ1n) is 6.66. The molecule has 0 unspecified atom stereocenters. The zero-order chi connectivity index (χ0) is 15.3. The molecule has 1 aromatic heterocycles. The molecule has 0 aliphatic carbocycles. The Morgan fingerprint density at radius 1 is 1.19 bits per heavy atom. The Balaban J connectivity index is 2.15. The van der Waals surface area contributed by atoms with Crippen LogP contribution in [0.25, 0.3) is 0 Å². The summed E-state index contributed by atoms with van der Waals surface area (Å²) >= 11 is 0. The van der Waals surface area contributed by atoms with E-state index in [1.807, 2.05) is 19.9 Å². The van der Waals surface area contributed by atoms with Gasteiger partial charge in [-0.25, -0.2) is 18.4 Å². The average molecular weight is 306 g/mol. The van der Waals surface area contributed by atoms with E-state index in [1.54, 1.807) is 18.2 Å². The van der Waals surface area contributed by atoms with E-state index in [-0.39, 0.29) is 4.90 Å².